The number of carboxylic acids is 1. The summed E-state index contributed by atoms with van der Waals surface area (Å²) in [5.74, 6) is -1.03. The van der Waals surface area contributed by atoms with Gasteiger partial charge in [-0.3, -0.25) is 4.79 Å². The molecule has 0 spiro atoms. The van der Waals surface area contributed by atoms with E-state index in [1.807, 2.05) is 0 Å². The number of carbonyl (C=O) groups is 2. The molecule has 1 atom stereocenters. The van der Waals surface area contributed by atoms with Crippen molar-refractivity contribution in [2.75, 3.05) is 20.1 Å². The van der Waals surface area contributed by atoms with E-state index in [1.54, 1.807) is 6.92 Å². The van der Waals surface area contributed by atoms with Gasteiger partial charge in [0.15, 0.2) is 0 Å². The Balaban J connectivity index is 4.27. The molecule has 0 saturated heterocycles. The van der Waals surface area contributed by atoms with Gasteiger partial charge in [0, 0.05) is 13.6 Å². The van der Waals surface area contributed by atoms with Crippen LogP contribution in [0.1, 0.15) is 20.3 Å². The maximum absolute atomic E-state index is 12.0. The fourth-order valence-corrected chi connectivity index (χ4v) is 1.05. The Morgan fingerprint density at radius 3 is 2.35 bits per heavy atom. The molecule has 17 heavy (non-hydrogen) atoms. The highest BCUT2D eigenvalue weighted by atomic mass is 19.3. The lowest BCUT2D eigenvalue weighted by molar-refractivity contribution is -0.147. The normalized spacial score (nSPS) is 14.2. The Morgan fingerprint density at radius 2 is 2.00 bits per heavy atom. The smallest absolute Gasteiger partial charge is 0.317 e. The van der Waals surface area contributed by atoms with Crippen molar-refractivity contribution in [3.05, 3.63) is 0 Å². The highest BCUT2D eigenvalue weighted by molar-refractivity contribution is 5.77. The highest BCUT2D eigenvalue weighted by Crippen LogP contribution is 2.19. The minimum Gasteiger partial charge on any atom is -0.481 e. The van der Waals surface area contributed by atoms with Crippen LogP contribution in [-0.2, 0) is 4.79 Å². The van der Waals surface area contributed by atoms with Crippen molar-refractivity contribution >= 4 is 12.0 Å². The summed E-state index contributed by atoms with van der Waals surface area (Å²) in [7, 11) is 1.23. The van der Waals surface area contributed by atoms with Gasteiger partial charge in [-0.2, -0.15) is 0 Å². The van der Waals surface area contributed by atoms with Crippen LogP contribution in [-0.4, -0.2) is 48.6 Å². The maximum Gasteiger partial charge on any atom is 0.317 e. The van der Waals surface area contributed by atoms with E-state index >= 15 is 0 Å². The molecule has 0 bridgehead atoms. The summed E-state index contributed by atoms with van der Waals surface area (Å²) < 4.78 is 24.0. The number of hydrogen-bond acceptors (Lipinski definition) is 2. The monoisotopic (exact) mass is 252 g/mol. The zero-order valence-corrected chi connectivity index (χ0v) is 10.2. The number of carbonyl (C=O) groups excluding carboxylic acids is 1. The number of nitrogens with one attached hydrogen (secondary N) is 1. The van der Waals surface area contributed by atoms with Gasteiger partial charge in [0.05, 0.1) is 12.0 Å². The van der Waals surface area contributed by atoms with E-state index in [2.05, 4.69) is 5.32 Å². The molecule has 0 fully saturated rings. The molecule has 0 heterocycles. The molecule has 0 aliphatic rings. The third-order valence-corrected chi connectivity index (χ3v) is 2.68. The van der Waals surface area contributed by atoms with Gasteiger partial charge < -0.3 is 15.3 Å². The molecule has 0 rings (SSSR count). The third kappa shape index (κ3) is 4.97. The van der Waals surface area contributed by atoms with Gasteiger partial charge in [-0.05, 0) is 13.3 Å². The van der Waals surface area contributed by atoms with Crippen molar-refractivity contribution in [2.45, 2.75) is 26.7 Å². The summed E-state index contributed by atoms with van der Waals surface area (Å²) in [6.07, 6.45) is -2.27. The summed E-state index contributed by atoms with van der Waals surface area (Å²) >= 11 is 0. The number of alkyl halides is 2. The fourth-order valence-electron chi connectivity index (χ4n) is 1.05. The number of nitrogens with zero attached hydrogens (tertiary/aromatic N) is 1. The predicted molar refractivity (Wildman–Crippen MR) is 58.1 cm³/mol. The van der Waals surface area contributed by atoms with Crippen molar-refractivity contribution in [2.24, 2.45) is 5.41 Å². The van der Waals surface area contributed by atoms with E-state index in [0.717, 1.165) is 4.90 Å². The second-order valence-corrected chi connectivity index (χ2v) is 4.15. The number of rotatable bonds is 6. The Bertz CT molecular complexity index is 287. The molecule has 0 saturated carbocycles. The molecule has 0 aliphatic heterocycles. The molecule has 0 aliphatic carbocycles. The quantitative estimate of drug-likeness (QED) is 0.750. The first-order valence-corrected chi connectivity index (χ1v) is 5.23. The van der Waals surface area contributed by atoms with Crippen LogP contribution in [0.4, 0.5) is 13.6 Å². The summed E-state index contributed by atoms with van der Waals surface area (Å²) in [4.78, 5) is 23.1. The summed E-state index contributed by atoms with van der Waals surface area (Å²) in [5.41, 5.74) is -1.08. The van der Waals surface area contributed by atoms with E-state index in [9.17, 15) is 18.4 Å². The van der Waals surface area contributed by atoms with Crippen molar-refractivity contribution in [1.29, 1.82) is 0 Å². The minimum absolute atomic E-state index is 0.0920. The van der Waals surface area contributed by atoms with Crippen molar-refractivity contribution in [3.63, 3.8) is 0 Å². The Morgan fingerprint density at radius 1 is 1.47 bits per heavy atom. The van der Waals surface area contributed by atoms with Gasteiger partial charge in [0.25, 0.3) is 6.43 Å². The van der Waals surface area contributed by atoms with Crippen LogP contribution < -0.4 is 5.32 Å². The lowest BCUT2D eigenvalue weighted by Crippen LogP contribution is -2.46. The largest absolute Gasteiger partial charge is 0.481 e. The second-order valence-electron chi connectivity index (χ2n) is 4.15. The standard InChI is InChI=1S/C10H18F2N2O3/c1-4-10(2,8(15)16)6-13-9(17)14(3)5-7(11)12/h7H,4-6H2,1-3H3,(H,13,17)(H,15,16). The van der Waals surface area contributed by atoms with Gasteiger partial charge in [-0.1, -0.05) is 6.92 Å². The molecule has 7 heteroatoms. The molecule has 1 unspecified atom stereocenters. The first-order chi connectivity index (χ1) is 7.73. The van der Waals surface area contributed by atoms with Crippen LogP contribution >= 0.6 is 0 Å². The number of aliphatic carboxylic acids is 1. The molecule has 2 N–H and O–H groups in total. The molecule has 2 amide bonds. The van der Waals surface area contributed by atoms with Gasteiger partial charge in [-0.25, -0.2) is 13.6 Å². The fraction of sp³-hybridized carbons (Fsp3) is 0.800. The SMILES string of the molecule is CCC(C)(CNC(=O)N(C)CC(F)F)C(=O)O. The highest BCUT2D eigenvalue weighted by Gasteiger charge is 2.31. The topological polar surface area (TPSA) is 69.6 Å². The Kier molecular flexibility index (Phi) is 5.84. The van der Waals surface area contributed by atoms with Crippen LogP contribution in [0.3, 0.4) is 0 Å². The average Bonchev–Trinajstić information content (AvgIpc) is 2.23. The first-order valence-electron chi connectivity index (χ1n) is 5.23. The lowest BCUT2D eigenvalue weighted by atomic mass is 9.88. The Hall–Kier alpha value is -1.40. The molecular weight excluding hydrogens is 234 g/mol. The van der Waals surface area contributed by atoms with Gasteiger partial charge in [-0.15, -0.1) is 0 Å². The van der Waals surface area contributed by atoms with E-state index in [1.165, 1.54) is 14.0 Å². The van der Waals surface area contributed by atoms with E-state index in [0.29, 0.717) is 6.42 Å². The average molecular weight is 252 g/mol. The lowest BCUT2D eigenvalue weighted by Gasteiger charge is -2.25. The molecule has 0 aromatic carbocycles. The number of amides is 2. The number of urea groups is 1. The molecule has 0 aromatic rings. The van der Waals surface area contributed by atoms with Gasteiger partial charge >= 0.3 is 12.0 Å². The number of halogens is 2. The molecule has 0 radical (unpaired) electrons. The molecule has 0 aromatic heterocycles. The number of hydrogen-bond donors (Lipinski definition) is 2. The second kappa shape index (κ2) is 6.36. The third-order valence-electron chi connectivity index (χ3n) is 2.68. The minimum atomic E-state index is -2.61. The summed E-state index contributed by atoms with van der Waals surface area (Å²) in [6, 6.07) is -0.703. The molecule has 5 nitrogen and oxygen atoms in total. The van der Waals surface area contributed by atoms with Crippen LogP contribution in [0, 0.1) is 5.41 Å². The molecule has 100 valence electrons. The van der Waals surface area contributed by atoms with E-state index < -0.39 is 30.4 Å². The van der Waals surface area contributed by atoms with Crippen LogP contribution in [0.25, 0.3) is 0 Å². The zero-order chi connectivity index (χ0) is 13.6. The zero-order valence-electron chi connectivity index (χ0n) is 10.2. The van der Waals surface area contributed by atoms with E-state index in [-0.39, 0.29) is 6.54 Å². The van der Waals surface area contributed by atoms with E-state index in [4.69, 9.17) is 5.11 Å². The van der Waals surface area contributed by atoms with Crippen LogP contribution in [0.15, 0.2) is 0 Å². The summed E-state index contributed by atoms with van der Waals surface area (Å²) in [6.45, 7) is 2.40. The van der Waals surface area contributed by atoms with Crippen LogP contribution in [0.2, 0.25) is 0 Å². The van der Waals surface area contributed by atoms with Crippen molar-refractivity contribution in [1.82, 2.24) is 10.2 Å². The number of carboxylic acid groups (broad SMARTS) is 1. The van der Waals surface area contributed by atoms with Crippen molar-refractivity contribution < 1.29 is 23.5 Å². The van der Waals surface area contributed by atoms with Gasteiger partial charge in [0.1, 0.15) is 0 Å². The van der Waals surface area contributed by atoms with Crippen LogP contribution in [0.5, 0.6) is 0 Å². The van der Waals surface area contributed by atoms with Crippen molar-refractivity contribution in [3.8, 4) is 0 Å². The Labute approximate surface area is 98.8 Å². The first kappa shape index (κ1) is 15.6. The van der Waals surface area contributed by atoms with Gasteiger partial charge in [0.2, 0.25) is 0 Å². The summed E-state index contributed by atoms with van der Waals surface area (Å²) in [5, 5.41) is 11.3. The maximum atomic E-state index is 12.0. The predicted octanol–water partition coefficient (Wildman–Crippen LogP) is 1.39. The molecular formula is C10H18F2N2O3.